The largest absolute Gasteiger partial charge is 0.351 e. The first-order valence-corrected chi connectivity index (χ1v) is 11.0. The first kappa shape index (κ1) is 19.7. The minimum absolute atomic E-state index is 0.0260. The van der Waals surface area contributed by atoms with Gasteiger partial charge in [0.25, 0.3) is 5.91 Å². The molecule has 1 aliphatic heterocycles. The second-order valence-electron chi connectivity index (χ2n) is 8.27. The van der Waals surface area contributed by atoms with E-state index in [9.17, 15) is 9.59 Å². The van der Waals surface area contributed by atoms with Crippen molar-refractivity contribution in [3.8, 4) is 0 Å². The van der Waals surface area contributed by atoms with Gasteiger partial charge in [0.2, 0.25) is 5.91 Å². The Hall–Kier alpha value is -2.62. The number of nitrogens with one attached hydrogen (secondary N) is 1. The van der Waals surface area contributed by atoms with E-state index in [2.05, 4.69) is 17.4 Å². The number of hydrogen-bond acceptors (Lipinski definition) is 2. The minimum atomic E-state index is -0.521. The highest BCUT2D eigenvalue weighted by Gasteiger charge is 2.41. The van der Waals surface area contributed by atoms with Crippen LogP contribution in [0, 0.1) is 0 Å². The molecule has 2 amide bonds. The van der Waals surface area contributed by atoms with Crippen LogP contribution in [0.5, 0.6) is 0 Å². The maximum atomic E-state index is 13.3. The molecule has 2 aromatic carbocycles. The Balaban J connectivity index is 1.51. The Morgan fingerprint density at radius 1 is 0.897 bits per heavy atom. The summed E-state index contributed by atoms with van der Waals surface area (Å²) in [5.74, 6) is -0.0590. The highest BCUT2D eigenvalue weighted by atomic mass is 16.2. The summed E-state index contributed by atoms with van der Waals surface area (Å²) in [4.78, 5) is 28.2. The zero-order valence-electron chi connectivity index (χ0n) is 17.0. The third-order valence-corrected chi connectivity index (χ3v) is 6.24. The summed E-state index contributed by atoms with van der Waals surface area (Å²) in [7, 11) is 0. The molecule has 29 heavy (non-hydrogen) atoms. The lowest BCUT2D eigenvalue weighted by Crippen LogP contribution is -2.44. The Bertz CT molecular complexity index is 841. The molecule has 2 aromatic rings. The Kier molecular flexibility index (Phi) is 6.28. The molecule has 1 fully saturated rings. The van der Waals surface area contributed by atoms with Gasteiger partial charge in [-0.05, 0) is 36.5 Å². The van der Waals surface area contributed by atoms with E-state index in [-0.39, 0.29) is 17.9 Å². The molecule has 4 nitrogen and oxygen atoms in total. The van der Waals surface area contributed by atoms with Crippen LogP contribution in [-0.2, 0) is 11.2 Å². The van der Waals surface area contributed by atoms with Crippen LogP contribution in [0.25, 0.3) is 0 Å². The van der Waals surface area contributed by atoms with Crippen LogP contribution in [0.15, 0.2) is 54.6 Å². The molecule has 4 rings (SSSR count). The summed E-state index contributed by atoms with van der Waals surface area (Å²) in [6, 6.07) is 17.4. The Labute approximate surface area is 173 Å². The normalized spacial score (nSPS) is 20.1. The average molecular weight is 391 g/mol. The van der Waals surface area contributed by atoms with E-state index in [1.165, 1.54) is 37.7 Å². The fourth-order valence-electron chi connectivity index (χ4n) is 4.66. The standard InChI is InChI=1S/C25H30N2O2/c28-24(26-20-13-7-2-1-3-8-14-20)23-21-15-9-10-16-22(21)25(29)27(23)18-17-19-11-5-4-6-12-19/h4-6,9-12,15-16,20,23H,1-3,7-8,13-14,17-18H2,(H,26,28). The average Bonchev–Trinajstić information content (AvgIpc) is 3.01. The third-order valence-electron chi connectivity index (χ3n) is 6.24. The second kappa shape index (κ2) is 9.25. The Morgan fingerprint density at radius 2 is 1.55 bits per heavy atom. The number of amides is 2. The highest BCUT2D eigenvalue weighted by Crippen LogP contribution is 2.34. The van der Waals surface area contributed by atoms with E-state index in [4.69, 9.17) is 0 Å². The summed E-state index contributed by atoms with van der Waals surface area (Å²) in [5.41, 5.74) is 2.68. The summed E-state index contributed by atoms with van der Waals surface area (Å²) in [6.45, 7) is 0.542. The van der Waals surface area contributed by atoms with Crippen molar-refractivity contribution >= 4 is 11.8 Å². The fraction of sp³-hybridized carbons (Fsp3) is 0.440. The lowest BCUT2D eigenvalue weighted by Gasteiger charge is -2.28. The van der Waals surface area contributed by atoms with Crippen LogP contribution >= 0.6 is 0 Å². The Morgan fingerprint density at radius 3 is 2.31 bits per heavy atom. The van der Waals surface area contributed by atoms with Gasteiger partial charge in [0.1, 0.15) is 6.04 Å². The van der Waals surface area contributed by atoms with Gasteiger partial charge in [-0.3, -0.25) is 9.59 Å². The van der Waals surface area contributed by atoms with Crippen molar-refractivity contribution in [3.05, 3.63) is 71.3 Å². The van der Waals surface area contributed by atoms with Crippen LogP contribution in [0.1, 0.15) is 72.5 Å². The summed E-state index contributed by atoms with van der Waals surface area (Å²) in [5, 5.41) is 3.29. The molecule has 1 heterocycles. The topological polar surface area (TPSA) is 49.4 Å². The molecule has 2 aliphatic rings. The van der Waals surface area contributed by atoms with E-state index in [1.807, 2.05) is 42.5 Å². The minimum Gasteiger partial charge on any atom is -0.351 e. The van der Waals surface area contributed by atoms with Gasteiger partial charge in [-0.15, -0.1) is 0 Å². The van der Waals surface area contributed by atoms with Gasteiger partial charge in [0, 0.05) is 18.2 Å². The number of carbonyl (C=O) groups is 2. The van der Waals surface area contributed by atoms with Gasteiger partial charge < -0.3 is 10.2 Å². The van der Waals surface area contributed by atoms with Crippen LogP contribution in [0.2, 0.25) is 0 Å². The van der Waals surface area contributed by atoms with Gasteiger partial charge in [-0.25, -0.2) is 0 Å². The van der Waals surface area contributed by atoms with Gasteiger partial charge in [-0.2, -0.15) is 0 Å². The third kappa shape index (κ3) is 4.52. The van der Waals surface area contributed by atoms with Crippen molar-refractivity contribution in [3.63, 3.8) is 0 Å². The van der Waals surface area contributed by atoms with Gasteiger partial charge >= 0.3 is 0 Å². The predicted octanol–water partition coefficient (Wildman–Crippen LogP) is 4.66. The zero-order valence-corrected chi connectivity index (χ0v) is 17.0. The molecule has 1 saturated carbocycles. The van der Waals surface area contributed by atoms with Crippen molar-refractivity contribution < 1.29 is 9.59 Å². The highest BCUT2D eigenvalue weighted by molar-refractivity contribution is 6.04. The number of rotatable bonds is 5. The first-order valence-electron chi connectivity index (χ1n) is 11.0. The molecule has 4 heteroatoms. The number of carbonyl (C=O) groups excluding carboxylic acids is 2. The van der Waals surface area contributed by atoms with Gasteiger partial charge in [0.05, 0.1) is 0 Å². The zero-order chi connectivity index (χ0) is 20.1. The lowest BCUT2D eigenvalue weighted by molar-refractivity contribution is -0.126. The molecular weight excluding hydrogens is 360 g/mol. The molecule has 0 aromatic heterocycles. The molecular formula is C25H30N2O2. The summed E-state index contributed by atoms with van der Waals surface area (Å²) in [6.07, 6.45) is 8.97. The maximum absolute atomic E-state index is 13.3. The van der Waals surface area contributed by atoms with E-state index in [0.717, 1.165) is 24.8 Å². The van der Waals surface area contributed by atoms with Crippen molar-refractivity contribution in [2.45, 2.75) is 63.5 Å². The molecule has 0 bridgehead atoms. The SMILES string of the molecule is O=C(NC1CCCCCCC1)C1c2ccccc2C(=O)N1CCc1ccccc1. The van der Waals surface area contributed by atoms with E-state index >= 15 is 0 Å². The van der Waals surface area contributed by atoms with Gasteiger partial charge in [0.15, 0.2) is 0 Å². The lowest BCUT2D eigenvalue weighted by atomic mass is 9.96. The molecule has 0 saturated heterocycles. The van der Waals surface area contributed by atoms with Crippen LogP contribution in [0.4, 0.5) is 0 Å². The molecule has 0 radical (unpaired) electrons. The van der Waals surface area contributed by atoms with Crippen molar-refractivity contribution in [2.75, 3.05) is 6.54 Å². The van der Waals surface area contributed by atoms with Crippen LogP contribution < -0.4 is 5.32 Å². The smallest absolute Gasteiger partial charge is 0.255 e. The van der Waals surface area contributed by atoms with E-state index in [0.29, 0.717) is 12.1 Å². The second-order valence-corrected chi connectivity index (χ2v) is 8.27. The fourth-order valence-corrected chi connectivity index (χ4v) is 4.66. The maximum Gasteiger partial charge on any atom is 0.255 e. The predicted molar refractivity (Wildman–Crippen MR) is 115 cm³/mol. The first-order chi connectivity index (χ1) is 14.2. The van der Waals surface area contributed by atoms with Crippen LogP contribution in [0.3, 0.4) is 0 Å². The van der Waals surface area contributed by atoms with Gasteiger partial charge in [-0.1, -0.05) is 80.6 Å². The molecule has 1 unspecified atom stereocenters. The quantitative estimate of drug-likeness (QED) is 0.807. The number of benzene rings is 2. The molecule has 1 aliphatic carbocycles. The summed E-state index contributed by atoms with van der Waals surface area (Å²) >= 11 is 0. The van der Waals surface area contributed by atoms with Crippen molar-refractivity contribution in [1.29, 1.82) is 0 Å². The number of nitrogens with zero attached hydrogens (tertiary/aromatic N) is 1. The summed E-state index contributed by atoms with van der Waals surface area (Å²) < 4.78 is 0. The molecule has 0 spiro atoms. The number of fused-ring (bicyclic) bond motifs is 1. The molecule has 1 N–H and O–H groups in total. The van der Waals surface area contributed by atoms with Crippen molar-refractivity contribution in [2.24, 2.45) is 0 Å². The van der Waals surface area contributed by atoms with Crippen LogP contribution in [-0.4, -0.2) is 29.3 Å². The molecule has 152 valence electrons. The van der Waals surface area contributed by atoms with E-state index < -0.39 is 6.04 Å². The number of hydrogen-bond donors (Lipinski definition) is 1. The van der Waals surface area contributed by atoms with Crippen molar-refractivity contribution in [1.82, 2.24) is 10.2 Å². The molecule has 1 atom stereocenters. The van der Waals surface area contributed by atoms with E-state index in [1.54, 1.807) is 4.90 Å². The monoisotopic (exact) mass is 390 g/mol.